The highest BCUT2D eigenvalue weighted by molar-refractivity contribution is 6.30. The Hall–Kier alpha value is -1.06. The number of amides is 1. The first-order valence-electron chi connectivity index (χ1n) is 7.41. The van der Waals surface area contributed by atoms with Crippen molar-refractivity contribution in [3.05, 3.63) is 34.9 Å². The Morgan fingerprint density at radius 2 is 1.90 bits per heavy atom. The summed E-state index contributed by atoms with van der Waals surface area (Å²) in [5.41, 5.74) is 0.662. The van der Waals surface area contributed by atoms with Crippen LogP contribution in [-0.2, 0) is 0 Å². The van der Waals surface area contributed by atoms with Crippen LogP contribution in [0.3, 0.4) is 0 Å². The van der Waals surface area contributed by atoms with Crippen LogP contribution in [0, 0.1) is 0 Å². The van der Waals surface area contributed by atoms with Crippen LogP contribution in [0.25, 0.3) is 0 Å². The second-order valence-corrected chi connectivity index (χ2v) is 5.97. The molecule has 1 aliphatic carbocycles. The van der Waals surface area contributed by atoms with E-state index in [1.165, 1.54) is 32.1 Å². The van der Waals surface area contributed by atoms with Crippen LogP contribution in [0.2, 0.25) is 5.02 Å². The summed E-state index contributed by atoms with van der Waals surface area (Å²) in [4.78, 5) is 14.3. The van der Waals surface area contributed by atoms with E-state index in [1.807, 2.05) is 0 Å². The Labute approximate surface area is 126 Å². The smallest absolute Gasteiger partial charge is 0.251 e. The lowest BCUT2D eigenvalue weighted by atomic mass is 9.94. The standard InChI is InChI=1S/C16H23ClN2O/c1-19(15-5-3-2-4-6-15)12-11-18-16(20)13-7-9-14(17)10-8-13/h7-10,15H,2-6,11-12H2,1H3,(H,18,20). The van der Waals surface area contributed by atoms with Crippen LogP contribution < -0.4 is 5.32 Å². The second kappa shape index (κ2) is 7.65. The molecule has 0 unspecified atom stereocenters. The third kappa shape index (κ3) is 4.50. The first kappa shape index (κ1) is 15.3. The van der Waals surface area contributed by atoms with Gasteiger partial charge in [-0.2, -0.15) is 0 Å². The number of nitrogens with zero attached hydrogens (tertiary/aromatic N) is 1. The highest BCUT2D eigenvalue weighted by atomic mass is 35.5. The van der Waals surface area contributed by atoms with Crippen molar-refractivity contribution < 1.29 is 4.79 Å². The molecule has 2 rings (SSSR count). The van der Waals surface area contributed by atoms with Gasteiger partial charge in [-0.1, -0.05) is 30.9 Å². The van der Waals surface area contributed by atoms with Crippen LogP contribution in [0.4, 0.5) is 0 Å². The summed E-state index contributed by atoms with van der Waals surface area (Å²) in [5, 5.41) is 3.62. The predicted octanol–water partition coefficient (Wildman–Crippen LogP) is 3.33. The molecule has 0 heterocycles. The van der Waals surface area contributed by atoms with Crippen molar-refractivity contribution in [1.29, 1.82) is 0 Å². The van der Waals surface area contributed by atoms with Crippen molar-refractivity contribution >= 4 is 17.5 Å². The molecule has 4 heteroatoms. The fourth-order valence-electron chi connectivity index (χ4n) is 2.75. The van der Waals surface area contributed by atoms with E-state index in [2.05, 4.69) is 17.3 Å². The minimum Gasteiger partial charge on any atom is -0.351 e. The van der Waals surface area contributed by atoms with E-state index in [0.29, 0.717) is 23.2 Å². The number of carbonyl (C=O) groups excluding carboxylic acids is 1. The number of hydrogen-bond donors (Lipinski definition) is 1. The Balaban J connectivity index is 1.72. The molecule has 1 fully saturated rings. The second-order valence-electron chi connectivity index (χ2n) is 5.54. The van der Waals surface area contributed by atoms with Gasteiger partial charge in [-0.05, 0) is 44.2 Å². The van der Waals surface area contributed by atoms with Gasteiger partial charge in [-0.25, -0.2) is 0 Å². The largest absolute Gasteiger partial charge is 0.351 e. The topological polar surface area (TPSA) is 32.3 Å². The maximum absolute atomic E-state index is 11.9. The molecule has 1 saturated carbocycles. The number of halogens is 1. The molecule has 0 radical (unpaired) electrons. The Bertz CT molecular complexity index is 427. The van der Waals surface area contributed by atoms with Gasteiger partial charge >= 0.3 is 0 Å². The van der Waals surface area contributed by atoms with Gasteiger partial charge in [0.05, 0.1) is 0 Å². The molecule has 1 aliphatic rings. The highest BCUT2D eigenvalue weighted by Gasteiger charge is 2.17. The Kier molecular flexibility index (Phi) is 5.86. The minimum atomic E-state index is -0.0290. The quantitative estimate of drug-likeness (QED) is 0.903. The zero-order valence-corrected chi connectivity index (χ0v) is 12.8. The zero-order valence-electron chi connectivity index (χ0n) is 12.1. The van der Waals surface area contributed by atoms with E-state index in [-0.39, 0.29) is 5.91 Å². The van der Waals surface area contributed by atoms with Gasteiger partial charge in [-0.3, -0.25) is 4.79 Å². The molecular formula is C16H23ClN2O. The van der Waals surface area contributed by atoms with Crippen molar-refractivity contribution in [2.24, 2.45) is 0 Å². The number of hydrogen-bond acceptors (Lipinski definition) is 2. The van der Waals surface area contributed by atoms with Crippen LogP contribution in [0.1, 0.15) is 42.5 Å². The summed E-state index contributed by atoms with van der Waals surface area (Å²) in [6.07, 6.45) is 6.64. The summed E-state index contributed by atoms with van der Waals surface area (Å²) < 4.78 is 0. The molecule has 1 N–H and O–H groups in total. The fraction of sp³-hybridized carbons (Fsp3) is 0.562. The molecule has 20 heavy (non-hydrogen) atoms. The summed E-state index contributed by atoms with van der Waals surface area (Å²) >= 11 is 5.81. The van der Waals surface area contributed by atoms with E-state index in [1.54, 1.807) is 24.3 Å². The van der Waals surface area contributed by atoms with Crippen molar-refractivity contribution in [3.63, 3.8) is 0 Å². The number of likely N-dealkylation sites (N-methyl/N-ethyl adjacent to an activating group) is 1. The fourth-order valence-corrected chi connectivity index (χ4v) is 2.88. The van der Waals surface area contributed by atoms with Crippen molar-refractivity contribution in [2.75, 3.05) is 20.1 Å². The lowest BCUT2D eigenvalue weighted by Gasteiger charge is -2.31. The van der Waals surface area contributed by atoms with Gasteiger partial charge in [0.1, 0.15) is 0 Å². The number of rotatable bonds is 5. The van der Waals surface area contributed by atoms with E-state index < -0.39 is 0 Å². The lowest BCUT2D eigenvalue weighted by Crippen LogP contribution is -2.39. The Morgan fingerprint density at radius 3 is 2.55 bits per heavy atom. The zero-order chi connectivity index (χ0) is 14.4. The van der Waals surface area contributed by atoms with E-state index in [0.717, 1.165) is 6.54 Å². The van der Waals surface area contributed by atoms with Crippen molar-refractivity contribution in [3.8, 4) is 0 Å². The SMILES string of the molecule is CN(CCNC(=O)c1ccc(Cl)cc1)C1CCCCC1. The lowest BCUT2D eigenvalue weighted by molar-refractivity contribution is 0.0944. The summed E-state index contributed by atoms with van der Waals surface area (Å²) in [5.74, 6) is -0.0290. The molecule has 0 saturated heterocycles. The van der Waals surface area contributed by atoms with Crippen LogP contribution >= 0.6 is 11.6 Å². The van der Waals surface area contributed by atoms with Gasteiger partial charge in [0.15, 0.2) is 0 Å². The summed E-state index contributed by atoms with van der Waals surface area (Å²) in [6, 6.07) is 7.68. The normalized spacial score (nSPS) is 16.4. The number of benzene rings is 1. The first-order valence-corrected chi connectivity index (χ1v) is 7.78. The molecular weight excluding hydrogens is 272 g/mol. The minimum absolute atomic E-state index is 0.0290. The van der Waals surface area contributed by atoms with E-state index >= 15 is 0 Å². The third-order valence-corrected chi connectivity index (χ3v) is 4.31. The van der Waals surface area contributed by atoms with Gasteiger partial charge in [0.2, 0.25) is 0 Å². The van der Waals surface area contributed by atoms with Crippen molar-refractivity contribution in [1.82, 2.24) is 10.2 Å². The molecule has 1 amide bonds. The molecule has 0 spiro atoms. The Morgan fingerprint density at radius 1 is 1.25 bits per heavy atom. The van der Waals surface area contributed by atoms with Crippen LogP contribution in [0.15, 0.2) is 24.3 Å². The van der Waals surface area contributed by atoms with Crippen LogP contribution in [0.5, 0.6) is 0 Å². The third-order valence-electron chi connectivity index (χ3n) is 4.05. The maximum atomic E-state index is 11.9. The summed E-state index contributed by atoms with van der Waals surface area (Å²) in [6.45, 7) is 1.60. The van der Waals surface area contributed by atoms with Gasteiger partial charge in [-0.15, -0.1) is 0 Å². The molecule has 0 aliphatic heterocycles. The van der Waals surface area contributed by atoms with Gasteiger partial charge < -0.3 is 10.2 Å². The highest BCUT2D eigenvalue weighted by Crippen LogP contribution is 2.21. The molecule has 0 atom stereocenters. The molecule has 1 aromatic rings. The average Bonchev–Trinajstić information content (AvgIpc) is 2.48. The predicted molar refractivity (Wildman–Crippen MR) is 83.3 cm³/mol. The van der Waals surface area contributed by atoms with Crippen molar-refractivity contribution in [2.45, 2.75) is 38.1 Å². The monoisotopic (exact) mass is 294 g/mol. The molecule has 1 aromatic carbocycles. The molecule has 0 bridgehead atoms. The van der Waals surface area contributed by atoms with Gasteiger partial charge in [0.25, 0.3) is 5.91 Å². The molecule has 110 valence electrons. The number of nitrogens with one attached hydrogen (secondary N) is 1. The molecule has 3 nitrogen and oxygen atoms in total. The van der Waals surface area contributed by atoms with Crippen LogP contribution in [-0.4, -0.2) is 37.0 Å². The number of carbonyl (C=O) groups is 1. The van der Waals surface area contributed by atoms with E-state index in [4.69, 9.17) is 11.6 Å². The average molecular weight is 295 g/mol. The molecule has 0 aromatic heterocycles. The van der Waals surface area contributed by atoms with E-state index in [9.17, 15) is 4.79 Å². The summed E-state index contributed by atoms with van der Waals surface area (Å²) in [7, 11) is 2.16. The van der Waals surface area contributed by atoms with Gasteiger partial charge in [0, 0.05) is 29.7 Å². The maximum Gasteiger partial charge on any atom is 0.251 e. The first-order chi connectivity index (χ1) is 9.66.